The van der Waals surface area contributed by atoms with Gasteiger partial charge in [0.15, 0.2) is 0 Å². The Kier molecular flexibility index (Phi) is 1.99. The number of rotatable bonds is 1. The third kappa shape index (κ3) is 1.61. The number of aromatic hydroxyl groups is 1. The van der Waals surface area contributed by atoms with Crippen LogP contribution >= 0.6 is 0 Å². The van der Waals surface area contributed by atoms with Gasteiger partial charge >= 0.3 is 5.78 Å². The highest BCUT2D eigenvalue weighted by molar-refractivity contribution is 6.32. The molecule has 2 N–H and O–H groups in total. The first-order chi connectivity index (χ1) is 5.11. The molecule has 1 rings (SSSR count). The highest BCUT2D eigenvalue weighted by Crippen LogP contribution is 2.13. The second-order valence-corrected chi connectivity index (χ2v) is 2.36. The minimum Gasteiger partial charge on any atom is -0.507 e. The van der Waals surface area contributed by atoms with E-state index in [0.717, 1.165) is 0 Å². The maximum atomic E-state index is 9.17. The zero-order chi connectivity index (χ0) is 8.43. The molecule has 0 bridgehead atoms. The maximum Gasteiger partial charge on any atom is 0.324 e. The van der Waals surface area contributed by atoms with Gasteiger partial charge in [0.25, 0.3) is 0 Å². The first-order valence-electron chi connectivity index (χ1n) is 3.22. The molecule has 0 fully saturated rings. The summed E-state index contributed by atoms with van der Waals surface area (Å²) in [6.07, 6.45) is 0. The van der Waals surface area contributed by atoms with Crippen LogP contribution in [0, 0.1) is 0 Å². The lowest BCUT2D eigenvalue weighted by Crippen LogP contribution is -2.05. The third-order valence-corrected chi connectivity index (χ3v) is 1.41. The van der Waals surface area contributed by atoms with E-state index in [9.17, 15) is 0 Å². The Morgan fingerprint density at radius 3 is 2.64 bits per heavy atom. The number of hydrogen-bond acceptors (Lipinski definition) is 1. The predicted molar refractivity (Wildman–Crippen MR) is 45.2 cm³/mol. The molecule has 0 aliphatic rings. The van der Waals surface area contributed by atoms with Gasteiger partial charge < -0.3 is 5.11 Å². The molecule has 0 aromatic heterocycles. The maximum absolute atomic E-state index is 9.17. The van der Waals surface area contributed by atoms with Crippen LogP contribution in [0.5, 0.6) is 5.75 Å². The molecule has 54 valence electrons. The molecule has 0 aliphatic heterocycles. The van der Waals surface area contributed by atoms with Crippen molar-refractivity contribution in [1.29, 1.82) is 0 Å². The molecule has 2 radical (unpaired) electrons. The Balaban J connectivity index is 3.23. The van der Waals surface area contributed by atoms with Gasteiger partial charge in [0.2, 0.25) is 0 Å². The van der Waals surface area contributed by atoms with Crippen molar-refractivity contribution in [2.24, 2.45) is 0 Å². The summed E-state index contributed by atoms with van der Waals surface area (Å²) in [4.78, 5) is 9.03. The second kappa shape index (κ2) is 2.78. The summed E-state index contributed by atoms with van der Waals surface area (Å²) < 4.78 is 0. The fourth-order valence-electron chi connectivity index (χ4n) is 0.843. The van der Waals surface area contributed by atoms with E-state index in [4.69, 9.17) is 17.7 Å². The highest BCUT2D eigenvalue weighted by atomic mass is 16.3. The van der Waals surface area contributed by atoms with Crippen LogP contribution in [0.2, 0.25) is 0 Å². The van der Waals surface area contributed by atoms with E-state index in [2.05, 4.69) is 0 Å². The summed E-state index contributed by atoms with van der Waals surface area (Å²) in [5.41, 5.74) is 0.899. The number of phenols is 1. The van der Waals surface area contributed by atoms with E-state index >= 15 is 0 Å². The fraction of sp³-hybridized carbons (Fsp3) is 0.125. The van der Waals surface area contributed by atoms with Crippen LogP contribution in [0.4, 0.5) is 0 Å². The van der Waals surface area contributed by atoms with Gasteiger partial charge in [-0.05, 0) is 12.1 Å². The zero-order valence-electron chi connectivity index (χ0n) is 6.20. The Labute approximate surface area is 66.3 Å². The zero-order valence-corrected chi connectivity index (χ0v) is 6.20. The van der Waals surface area contributed by atoms with Crippen molar-refractivity contribution in [3.63, 3.8) is 0 Å². The Hall–Kier alpha value is -1.25. The molecule has 0 atom stereocenters. The quantitative estimate of drug-likeness (QED) is 0.341. The van der Waals surface area contributed by atoms with E-state index < -0.39 is 0 Å². The molecule has 11 heavy (non-hydrogen) atoms. The van der Waals surface area contributed by atoms with Crippen LogP contribution in [0.15, 0.2) is 18.2 Å². The van der Waals surface area contributed by atoms with Crippen LogP contribution in [0.25, 0.3) is 0 Å². The molecule has 0 saturated heterocycles. The molecular formula is C8H8BO2+. The third-order valence-electron chi connectivity index (χ3n) is 1.41. The summed E-state index contributed by atoms with van der Waals surface area (Å²) in [5, 5.41) is 9.17. The second-order valence-electron chi connectivity index (χ2n) is 2.36. The summed E-state index contributed by atoms with van der Waals surface area (Å²) in [7, 11) is 5.43. The first-order valence-corrected chi connectivity index (χ1v) is 3.22. The van der Waals surface area contributed by atoms with Crippen LogP contribution in [0.3, 0.4) is 0 Å². The molecule has 0 saturated carbocycles. The van der Waals surface area contributed by atoms with E-state index in [1.165, 1.54) is 19.1 Å². The van der Waals surface area contributed by atoms with Gasteiger partial charge in [0.05, 0.1) is 6.92 Å². The van der Waals surface area contributed by atoms with E-state index in [1.807, 2.05) is 0 Å². The molecular weight excluding hydrogens is 139 g/mol. The van der Waals surface area contributed by atoms with Gasteiger partial charge in [0, 0.05) is 0 Å². The smallest absolute Gasteiger partial charge is 0.324 e. The van der Waals surface area contributed by atoms with Crippen molar-refractivity contribution in [3.8, 4) is 5.75 Å². The molecule has 0 spiro atoms. The summed E-state index contributed by atoms with van der Waals surface area (Å²) in [5.74, 6) is 0.106. The molecule has 1 aromatic carbocycles. The van der Waals surface area contributed by atoms with Gasteiger partial charge in [-0.3, -0.25) is 4.79 Å². The molecule has 2 nitrogen and oxygen atoms in total. The van der Waals surface area contributed by atoms with Crippen LogP contribution in [-0.2, 0) is 0 Å². The first kappa shape index (κ1) is 7.86. The van der Waals surface area contributed by atoms with Gasteiger partial charge in [-0.15, -0.1) is 0 Å². The average molecular weight is 147 g/mol. The Bertz CT molecular complexity index is 294. The number of hydrogen-bond donors (Lipinski definition) is 1. The Morgan fingerprint density at radius 2 is 2.18 bits per heavy atom. The number of phenolic OH excluding ortho intramolecular Hbond substituents is 1. The van der Waals surface area contributed by atoms with Crippen LogP contribution in [-0.4, -0.2) is 23.5 Å². The SMILES string of the molecule is [B]c1ccc(O)c(C(C)=[OH+])c1. The summed E-state index contributed by atoms with van der Waals surface area (Å²) in [6, 6.07) is 4.54. The minimum absolute atomic E-state index is 0.0409. The molecule has 0 amide bonds. The molecule has 0 unspecified atom stereocenters. The largest absolute Gasteiger partial charge is 0.507 e. The lowest BCUT2D eigenvalue weighted by Gasteiger charge is -1.97. The van der Waals surface area contributed by atoms with Crippen molar-refractivity contribution < 1.29 is 9.90 Å². The number of carbonyl (C=O) groups excluding carboxylic acids is 1. The van der Waals surface area contributed by atoms with Crippen molar-refractivity contribution >= 4 is 19.1 Å². The highest BCUT2D eigenvalue weighted by Gasteiger charge is 2.09. The Morgan fingerprint density at radius 1 is 1.55 bits per heavy atom. The number of ketones is 1. The molecule has 3 heteroatoms. The van der Waals surface area contributed by atoms with Crippen molar-refractivity contribution in [1.82, 2.24) is 0 Å². The summed E-state index contributed by atoms with van der Waals surface area (Å²) in [6.45, 7) is 1.49. The van der Waals surface area contributed by atoms with Crippen molar-refractivity contribution in [2.45, 2.75) is 6.92 Å². The lowest BCUT2D eigenvalue weighted by molar-refractivity contribution is 0.473. The monoisotopic (exact) mass is 147 g/mol. The normalized spacial score (nSPS) is 9.55. The van der Waals surface area contributed by atoms with E-state index in [0.29, 0.717) is 11.0 Å². The van der Waals surface area contributed by atoms with Gasteiger partial charge in [-0.25, -0.2) is 0 Å². The number of benzene rings is 1. The van der Waals surface area contributed by atoms with Gasteiger partial charge in [-0.1, -0.05) is 11.5 Å². The molecule has 0 heterocycles. The predicted octanol–water partition coefficient (Wildman–Crippen LogP) is 0.0989. The van der Waals surface area contributed by atoms with Gasteiger partial charge in [0.1, 0.15) is 19.2 Å². The van der Waals surface area contributed by atoms with Gasteiger partial charge in [-0.2, -0.15) is 0 Å². The molecule has 0 aliphatic carbocycles. The standard InChI is InChI=1S/C8H7BO2/c1-5(10)7-4-6(9)2-3-8(7)11/h2-4,11H,1H3/p+1. The fourth-order valence-corrected chi connectivity index (χ4v) is 0.843. The average Bonchev–Trinajstić information content (AvgIpc) is 1.94. The summed E-state index contributed by atoms with van der Waals surface area (Å²) >= 11 is 0. The van der Waals surface area contributed by atoms with E-state index in [1.54, 1.807) is 6.07 Å². The molecule has 1 aromatic rings. The van der Waals surface area contributed by atoms with E-state index in [-0.39, 0.29) is 11.5 Å². The minimum atomic E-state index is 0.0409. The topological polar surface area (TPSA) is 41.6 Å². The van der Waals surface area contributed by atoms with Crippen molar-refractivity contribution in [2.75, 3.05) is 0 Å². The van der Waals surface area contributed by atoms with Crippen molar-refractivity contribution in [3.05, 3.63) is 23.8 Å². The van der Waals surface area contributed by atoms with Crippen LogP contribution < -0.4 is 5.46 Å². The van der Waals surface area contributed by atoms with Crippen LogP contribution in [0.1, 0.15) is 12.5 Å². The lowest BCUT2D eigenvalue weighted by atomic mass is 9.93.